The Kier molecular flexibility index (Phi) is 6.83. The molecule has 5 heteroatoms. The Morgan fingerprint density at radius 1 is 1.26 bits per heavy atom. The standard InChI is InChI=1S/C22H27ClN2OS/c1-4-17-12-11-16(3)25(13-17)22(26)19-9-6-8-18(24-19)14-27-20-10-5-7-15(2)21(20)23/h5-10,16-17H,4,11-14H2,1-3H3. The van der Waals surface area contributed by atoms with Gasteiger partial charge in [-0.3, -0.25) is 4.79 Å². The third-order valence-corrected chi connectivity index (χ3v) is 7.08. The molecule has 3 nitrogen and oxygen atoms in total. The zero-order valence-electron chi connectivity index (χ0n) is 16.2. The molecule has 3 rings (SSSR count). The lowest BCUT2D eigenvalue weighted by Crippen LogP contribution is -2.45. The third kappa shape index (κ3) is 4.85. The predicted molar refractivity (Wildman–Crippen MR) is 114 cm³/mol. The molecule has 0 bridgehead atoms. The highest BCUT2D eigenvalue weighted by Gasteiger charge is 2.29. The molecule has 1 aromatic carbocycles. The van der Waals surface area contributed by atoms with E-state index >= 15 is 0 Å². The number of amides is 1. The first-order valence-corrected chi connectivity index (χ1v) is 11.0. The Morgan fingerprint density at radius 2 is 2.04 bits per heavy atom. The van der Waals surface area contributed by atoms with Gasteiger partial charge in [-0.15, -0.1) is 11.8 Å². The van der Waals surface area contributed by atoms with Crippen LogP contribution in [0.25, 0.3) is 0 Å². The Morgan fingerprint density at radius 3 is 2.81 bits per heavy atom. The normalized spacial score (nSPS) is 19.9. The molecule has 1 aliphatic rings. The number of hydrogen-bond donors (Lipinski definition) is 0. The summed E-state index contributed by atoms with van der Waals surface area (Å²) < 4.78 is 0. The monoisotopic (exact) mass is 402 g/mol. The molecule has 2 atom stereocenters. The van der Waals surface area contributed by atoms with E-state index in [1.165, 1.54) is 6.42 Å². The van der Waals surface area contributed by atoms with Crippen molar-refractivity contribution >= 4 is 29.3 Å². The summed E-state index contributed by atoms with van der Waals surface area (Å²) >= 11 is 8.04. The molecule has 2 heterocycles. The van der Waals surface area contributed by atoms with Gasteiger partial charge in [0.05, 0.1) is 10.7 Å². The van der Waals surface area contributed by atoms with E-state index in [1.54, 1.807) is 11.8 Å². The lowest BCUT2D eigenvalue weighted by Gasteiger charge is -2.37. The third-order valence-electron chi connectivity index (χ3n) is 5.38. The summed E-state index contributed by atoms with van der Waals surface area (Å²) in [6, 6.07) is 12.1. The first-order valence-electron chi connectivity index (χ1n) is 9.64. The van der Waals surface area contributed by atoms with Crippen molar-refractivity contribution in [3.8, 4) is 0 Å². The summed E-state index contributed by atoms with van der Waals surface area (Å²) in [4.78, 5) is 20.7. The Balaban J connectivity index is 1.71. The number of nitrogens with zero attached hydrogens (tertiary/aromatic N) is 2. The van der Waals surface area contributed by atoms with Gasteiger partial charge < -0.3 is 4.90 Å². The maximum atomic E-state index is 13.0. The summed E-state index contributed by atoms with van der Waals surface area (Å²) in [5, 5.41) is 0.794. The van der Waals surface area contributed by atoms with Crippen molar-refractivity contribution in [3.05, 3.63) is 58.4 Å². The van der Waals surface area contributed by atoms with Gasteiger partial charge in [0.25, 0.3) is 5.91 Å². The number of carbonyl (C=O) groups is 1. The van der Waals surface area contributed by atoms with Gasteiger partial charge in [0.15, 0.2) is 0 Å². The maximum Gasteiger partial charge on any atom is 0.272 e. The lowest BCUT2D eigenvalue weighted by atomic mass is 9.91. The summed E-state index contributed by atoms with van der Waals surface area (Å²) in [6.07, 6.45) is 3.41. The van der Waals surface area contributed by atoms with Crippen LogP contribution in [0.1, 0.15) is 54.9 Å². The number of halogens is 1. The number of carbonyl (C=O) groups excluding carboxylic acids is 1. The van der Waals surface area contributed by atoms with Crippen molar-refractivity contribution in [2.24, 2.45) is 5.92 Å². The topological polar surface area (TPSA) is 33.2 Å². The van der Waals surface area contributed by atoms with Gasteiger partial charge in [0.1, 0.15) is 5.69 Å². The van der Waals surface area contributed by atoms with Gasteiger partial charge in [-0.1, -0.05) is 43.1 Å². The summed E-state index contributed by atoms with van der Waals surface area (Å²) in [5.74, 6) is 1.35. The van der Waals surface area contributed by atoms with Crippen LogP contribution in [0.3, 0.4) is 0 Å². The minimum Gasteiger partial charge on any atom is -0.334 e. The molecule has 1 aliphatic heterocycles. The van der Waals surface area contributed by atoms with Crippen molar-refractivity contribution in [2.75, 3.05) is 6.54 Å². The number of pyridine rings is 1. The van der Waals surface area contributed by atoms with E-state index in [9.17, 15) is 4.79 Å². The second-order valence-corrected chi connectivity index (χ2v) is 8.74. The number of aryl methyl sites for hydroxylation is 1. The van der Waals surface area contributed by atoms with Gasteiger partial charge in [0.2, 0.25) is 0 Å². The highest BCUT2D eigenvalue weighted by molar-refractivity contribution is 7.98. The van der Waals surface area contributed by atoms with Crippen molar-refractivity contribution in [3.63, 3.8) is 0 Å². The van der Waals surface area contributed by atoms with Crippen LogP contribution in [0.15, 0.2) is 41.3 Å². The molecule has 0 radical (unpaired) electrons. The number of rotatable bonds is 5. The minimum atomic E-state index is 0.0566. The fourth-order valence-electron chi connectivity index (χ4n) is 3.51. The first-order chi connectivity index (χ1) is 13.0. The minimum absolute atomic E-state index is 0.0566. The maximum absolute atomic E-state index is 13.0. The molecule has 1 aromatic heterocycles. The molecule has 0 saturated carbocycles. The number of aromatic nitrogens is 1. The van der Waals surface area contributed by atoms with Crippen LogP contribution in [-0.2, 0) is 5.75 Å². The molecule has 144 valence electrons. The Labute approximate surface area is 171 Å². The van der Waals surface area contributed by atoms with Gasteiger partial charge in [-0.2, -0.15) is 0 Å². The predicted octanol–water partition coefficient (Wildman–Crippen LogP) is 5.99. The second-order valence-electron chi connectivity index (χ2n) is 7.35. The van der Waals surface area contributed by atoms with E-state index in [0.29, 0.717) is 17.4 Å². The molecule has 0 aliphatic carbocycles. The van der Waals surface area contributed by atoms with E-state index in [1.807, 2.05) is 48.2 Å². The van der Waals surface area contributed by atoms with E-state index in [4.69, 9.17) is 11.6 Å². The van der Waals surface area contributed by atoms with Gasteiger partial charge in [-0.25, -0.2) is 4.98 Å². The zero-order chi connectivity index (χ0) is 19.4. The summed E-state index contributed by atoms with van der Waals surface area (Å²) in [5.41, 5.74) is 2.52. The SMILES string of the molecule is CCC1CCC(C)N(C(=O)c2cccc(CSc3cccc(C)c3Cl)n2)C1. The van der Waals surface area contributed by atoms with E-state index < -0.39 is 0 Å². The van der Waals surface area contributed by atoms with Crippen molar-refractivity contribution < 1.29 is 4.79 Å². The van der Waals surface area contributed by atoms with Crippen LogP contribution >= 0.6 is 23.4 Å². The average molecular weight is 403 g/mol. The molecular weight excluding hydrogens is 376 g/mol. The number of hydrogen-bond acceptors (Lipinski definition) is 3. The van der Waals surface area contributed by atoms with E-state index in [-0.39, 0.29) is 11.9 Å². The highest BCUT2D eigenvalue weighted by Crippen LogP contribution is 2.31. The van der Waals surface area contributed by atoms with Gasteiger partial charge >= 0.3 is 0 Å². The fraction of sp³-hybridized carbons (Fsp3) is 0.455. The van der Waals surface area contributed by atoms with E-state index in [0.717, 1.165) is 40.6 Å². The van der Waals surface area contributed by atoms with Crippen LogP contribution in [0.5, 0.6) is 0 Å². The van der Waals surface area contributed by atoms with Crippen LogP contribution in [0.2, 0.25) is 5.02 Å². The van der Waals surface area contributed by atoms with Crippen LogP contribution in [-0.4, -0.2) is 28.4 Å². The Bertz CT molecular complexity index is 811. The zero-order valence-corrected chi connectivity index (χ0v) is 17.8. The molecule has 27 heavy (non-hydrogen) atoms. The molecule has 0 N–H and O–H groups in total. The number of likely N-dealkylation sites (tertiary alicyclic amines) is 1. The van der Waals surface area contributed by atoms with Crippen LogP contribution in [0, 0.1) is 12.8 Å². The smallest absolute Gasteiger partial charge is 0.272 e. The largest absolute Gasteiger partial charge is 0.334 e. The molecule has 2 unspecified atom stereocenters. The molecule has 1 saturated heterocycles. The van der Waals surface area contributed by atoms with Crippen LogP contribution in [0.4, 0.5) is 0 Å². The summed E-state index contributed by atoms with van der Waals surface area (Å²) in [7, 11) is 0. The average Bonchev–Trinajstić information content (AvgIpc) is 2.69. The Hall–Kier alpha value is -1.52. The lowest BCUT2D eigenvalue weighted by molar-refractivity contribution is 0.0550. The molecule has 0 spiro atoms. The molecule has 1 fully saturated rings. The number of piperidine rings is 1. The number of benzene rings is 1. The highest BCUT2D eigenvalue weighted by atomic mass is 35.5. The number of thioether (sulfide) groups is 1. The van der Waals surface area contributed by atoms with Gasteiger partial charge in [-0.05, 0) is 56.4 Å². The summed E-state index contributed by atoms with van der Waals surface area (Å²) in [6.45, 7) is 7.20. The van der Waals surface area contributed by atoms with Gasteiger partial charge in [0, 0.05) is 23.2 Å². The van der Waals surface area contributed by atoms with Crippen molar-refractivity contribution in [2.45, 2.75) is 56.7 Å². The molecule has 2 aromatic rings. The fourth-order valence-corrected chi connectivity index (χ4v) is 4.72. The van der Waals surface area contributed by atoms with Crippen molar-refractivity contribution in [1.29, 1.82) is 0 Å². The van der Waals surface area contributed by atoms with E-state index in [2.05, 4.69) is 18.8 Å². The van der Waals surface area contributed by atoms with Crippen LogP contribution < -0.4 is 0 Å². The quantitative estimate of drug-likeness (QED) is 0.576. The second kappa shape index (κ2) is 9.11. The molecule has 1 amide bonds. The molecular formula is C22H27ClN2OS. The van der Waals surface area contributed by atoms with Crippen molar-refractivity contribution in [1.82, 2.24) is 9.88 Å². The first kappa shape index (κ1) is 20.2.